The van der Waals surface area contributed by atoms with Gasteiger partial charge in [0.25, 0.3) is 11.4 Å². The molecule has 0 bridgehead atoms. The van der Waals surface area contributed by atoms with Crippen LogP contribution in [0.15, 0.2) is 60.7 Å². The second kappa shape index (κ2) is 6.33. The van der Waals surface area contributed by atoms with E-state index < -0.39 is 9.85 Å². The number of nitrogens with zero attached hydrogens (tertiary/aromatic N) is 2. The lowest BCUT2D eigenvalue weighted by Crippen LogP contribution is -2.04. The van der Waals surface area contributed by atoms with Gasteiger partial charge in [0, 0.05) is 11.9 Å². The van der Waals surface area contributed by atoms with E-state index in [1.807, 2.05) is 30.3 Å². The van der Waals surface area contributed by atoms with Gasteiger partial charge in [0.2, 0.25) is 0 Å². The Balaban J connectivity index is 2.14. The quantitative estimate of drug-likeness (QED) is 0.558. The third kappa shape index (κ3) is 2.87. The molecule has 0 fully saturated rings. The molecule has 0 unspecified atom stereocenters. The molecule has 3 aromatic rings. The maximum absolute atomic E-state index is 11.4. The number of non-ortho nitro benzene ring substituents is 1. The smallest absolute Gasteiger partial charge is 0.299 e. The molecule has 24 heavy (non-hydrogen) atoms. The van der Waals surface area contributed by atoms with Crippen molar-refractivity contribution in [3.8, 4) is 0 Å². The summed E-state index contributed by atoms with van der Waals surface area (Å²) in [6, 6.07) is 17.0. The fourth-order valence-electron chi connectivity index (χ4n) is 2.61. The lowest BCUT2D eigenvalue weighted by Gasteiger charge is -2.11. The Morgan fingerprint density at radius 1 is 0.792 bits per heavy atom. The third-order valence-electron chi connectivity index (χ3n) is 3.71. The molecule has 3 aromatic carbocycles. The van der Waals surface area contributed by atoms with Crippen LogP contribution in [-0.2, 0) is 6.54 Å². The average molecular weight is 323 g/mol. The van der Waals surface area contributed by atoms with Gasteiger partial charge in [-0.15, -0.1) is 0 Å². The summed E-state index contributed by atoms with van der Waals surface area (Å²) >= 11 is 0. The predicted octanol–water partition coefficient (Wildman–Crippen LogP) is 4.27. The second-order valence-electron chi connectivity index (χ2n) is 5.19. The molecule has 0 aromatic heterocycles. The summed E-state index contributed by atoms with van der Waals surface area (Å²) in [7, 11) is 0. The summed E-state index contributed by atoms with van der Waals surface area (Å²) < 4.78 is 0. The maximum atomic E-state index is 11.4. The summed E-state index contributed by atoms with van der Waals surface area (Å²) in [5, 5.41) is 26.5. The first kappa shape index (κ1) is 15.4. The summed E-state index contributed by atoms with van der Waals surface area (Å²) in [4.78, 5) is 21.4. The summed E-state index contributed by atoms with van der Waals surface area (Å²) in [6.07, 6.45) is 0. The first-order valence-corrected chi connectivity index (χ1v) is 7.20. The van der Waals surface area contributed by atoms with Crippen LogP contribution in [0.4, 0.5) is 17.1 Å². The monoisotopic (exact) mass is 323 g/mol. The van der Waals surface area contributed by atoms with Crippen molar-refractivity contribution in [2.45, 2.75) is 6.54 Å². The number of nitro benzene ring substituents is 2. The Morgan fingerprint density at radius 3 is 2.00 bits per heavy atom. The minimum Gasteiger partial charge on any atom is -0.375 e. The first-order valence-electron chi connectivity index (χ1n) is 7.20. The highest BCUT2D eigenvalue weighted by atomic mass is 16.6. The van der Waals surface area contributed by atoms with Crippen LogP contribution in [0.5, 0.6) is 0 Å². The molecule has 0 atom stereocenters. The van der Waals surface area contributed by atoms with E-state index in [0.717, 1.165) is 11.6 Å². The zero-order valence-electron chi connectivity index (χ0n) is 12.5. The van der Waals surface area contributed by atoms with Gasteiger partial charge in [0.15, 0.2) is 0 Å². The zero-order valence-corrected chi connectivity index (χ0v) is 12.5. The second-order valence-corrected chi connectivity index (χ2v) is 5.19. The van der Waals surface area contributed by atoms with Crippen molar-refractivity contribution in [1.29, 1.82) is 0 Å². The van der Waals surface area contributed by atoms with Crippen molar-refractivity contribution >= 4 is 27.8 Å². The molecule has 120 valence electrons. The summed E-state index contributed by atoms with van der Waals surface area (Å²) in [5.74, 6) is 0. The average Bonchev–Trinajstić information content (AvgIpc) is 2.59. The molecule has 0 spiro atoms. The molecule has 0 aliphatic rings. The number of fused-ring (bicyclic) bond motifs is 1. The fourth-order valence-corrected chi connectivity index (χ4v) is 2.61. The standard InChI is InChI=1S/C17H13N3O4/c21-19(22)15-10-16(20(23)24)17(14-9-5-4-8-13(14)15)18-11-12-6-2-1-3-7-12/h1-10,18H,11H2. The number of hydrogen-bond acceptors (Lipinski definition) is 5. The van der Waals surface area contributed by atoms with Gasteiger partial charge in [0.1, 0.15) is 5.69 Å². The van der Waals surface area contributed by atoms with Crippen molar-refractivity contribution in [3.05, 3.63) is 86.5 Å². The van der Waals surface area contributed by atoms with E-state index in [0.29, 0.717) is 17.3 Å². The molecule has 0 aliphatic heterocycles. The van der Waals surface area contributed by atoms with Crippen LogP contribution in [0.2, 0.25) is 0 Å². The Hall–Kier alpha value is -3.48. The molecule has 0 heterocycles. The van der Waals surface area contributed by atoms with E-state index in [2.05, 4.69) is 5.32 Å². The largest absolute Gasteiger partial charge is 0.375 e. The molecule has 7 heteroatoms. The lowest BCUT2D eigenvalue weighted by molar-refractivity contribution is -0.392. The predicted molar refractivity (Wildman–Crippen MR) is 91.0 cm³/mol. The van der Waals surface area contributed by atoms with Crippen molar-refractivity contribution < 1.29 is 9.85 Å². The van der Waals surface area contributed by atoms with Crippen LogP contribution in [0.3, 0.4) is 0 Å². The molecular weight excluding hydrogens is 310 g/mol. The molecule has 0 radical (unpaired) electrons. The maximum Gasteiger partial charge on any atom is 0.299 e. The van der Waals surface area contributed by atoms with Crippen molar-refractivity contribution in [2.24, 2.45) is 0 Å². The molecule has 1 N–H and O–H groups in total. The number of anilines is 1. The van der Waals surface area contributed by atoms with Gasteiger partial charge in [-0.3, -0.25) is 20.2 Å². The first-order chi connectivity index (χ1) is 11.6. The van der Waals surface area contributed by atoms with Crippen LogP contribution >= 0.6 is 0 Å². The van der Waals surface area contributed by atoms with Gasteiger partial charge in [-0.1, -0.05) is 48.5 Å². The van der Waals surface area contributed by atoms with E-state index in [4.69, 9.17) is 0 Å². The fraction of sp³-hybridized carbons (Fsp3) is 0.0588. The Labute approximate surface area is 136 Å². The van der Waals surface area contributed by atoms with E-state index in [1.54, 1.807) is 24.3 Å². The van der Waals surface area contributed by atoms with E-state index in [-0.39, 0.29) is 17.1 Å². The zero-order chi connectivity index (χ0) is 17.1. The highest BCUT2D eigenvalue weighted by molar-refractivity contribution is 6.03. The van der Waals surface area contributed by atoms with Crippen molar-refractivity contribution in [1.82, 2.24) is 0 Å². The molecule has 7 nitrogen and oxygen atoms in total. The highest BCUT2D eigenvalue weighted by Crippen LogP contribution is 2.39. The third-order valence-corrected chi connectivity index (χ3v) is 3.71. The van der Waals surface area contributed by atoms with E-state index in [1.165, 1.54) is 0 Å². The van der Waals surface area contributed by atoms with Gasteiger partial charge >= 0.3 is 0 Å². The molecule has 0 aliphatic carbocycles. The number of rotatable bonds is 5. The van der Waals surface area contributed by atoms with Crippen LogP contribution in [0, 0.1) is 20.2 Å². The number of nitro groups is 2. The normalized spacial score (nSPS) is 10.5. The van der Waals surface area contributed by atoms with Gasteiger partial charge in [-0.2, -0.15) is 0 Å². The van der Waals surface area contributed by atoms with Gasteiger partial charge < -0.3 is 5.32 Å². The van der Waals surface area contributed by atoms with Crippen LogP contribution < -0.4 is 5.32 Å². The Morgan fingerprint density at radius 2 is 1.38 bits per heavy atom. The van der Waals surface area contributed by atoms with Gasteiger partial charge in [-0.05, 0) is 11.6 Å². The summed E-state index contributed by atoms with van der Waals surface area (Å²) in [5.41, 5.74) is 0.651. The van der Waals surface area contributed by atoms with Crippen molar-refractivity contribution in [3.63, 3.8) is 0 Å². The molecule has 0 saturated carbocycles. The van der Waals surface area contributed by atoms with Gasteiger partial charge in [0.05, 0.1) is 21.3 Å². The van der Waals surface area contributed by atoms with Crippen LogP contribution in [0.1, 0.15) is 5.56 Å². The number of nitrogens with one attached hydrogen (secondary N) is 1. The van der Waals surface area contributed by atoms with Crippen LogP contribution in [-0.4, -0.2) is 9.85 Å². The molecule has 0 amide bonds. The Bertz CT molecular complexity index is 926. The topological polar surface area (TPSA) is 98.3 Å². The van der Waals surface area contributed by atoms with Crippen LogP contribution in [0.25, 0.3) is 10.8 Å². The number of benzene rings is 3. The summed E-state index contributed by atoms with van der Waals surface area (Å²) in [6.45, 7) is 0.378. The molecular formula is C17H13N3O4. The van der Waals surface area contributed by atoms with E-state index in [9.17, 15) is 20.2 Å². The van der Waals surface area contributed by atoms with E-state index >= 15 is 0 Å². The number of hydrogen-bond donors (Lipinski definition) is 1. The minimum atomic E-state index is -0.604. The molecule has 3 rings (SSSR count). The van der Waals surface area contributed by atoms with Gasteiger partial charge in [-0.25, -0.2) is 0 Å². The van der Waals surface area contributed by atoms with Crippen molar-refractivity contribution in [2.75, 3.05) is 5.32 Å². The Kier molecular flexibility index (Phi) is 4.07. The highest BCUT2D eigenvalue weighted by Gasteiger charge is 2.25. The SMILES string of the molecule is O=[N+]([O-])c1cc([N+](=O)[O-])c2ccccc2c1NCc1ccccc1. The lowest BCUT2D eigenvalue weighted by atomic mass is 10.0. The molecule has 0 saturated heterocycles. The minimum absolute atomic E-state index is 0.275.